The minimum absolute atomic E-state index is 0.0385. The quantitative estimate of drug-likeness (QED) is 0.720. The van der Waals surface area contributed by atoms with E-state index in [9.17, 15) is 13.2 Å². The molecule has 2 heterocycles. The van der Waals surface area contributed by atoms with Gasteiger partial charge in [-0.2, -0.15) is 0 Å². The molecular formula is C18H23N5O3S. The third-order valence-electron chi connectivity index (χ3n) is 4.50. The number of nitrogens with one attached hydrogen (secondary N) is 2. The van der Waals surface area contributed by atoms with Crippen molar-refractivity contribution in [2.75, 3.05) is 11.1 Å². The van der Waals surface area contributed by atoms with Gasteiger partial charge in [-0.3, -0.25) is 4.79 Å². The molecule has 0 aromatic carbocycles. The van der Waals surface area contributed by atoms with Crippen LogP contribution in [0.3, 0.4) is 0 Å². The van der Waals surface area contributed by atoms with E-state index in [2.05, 4.69) is 20.0 Å². The second-order valence-corrected chi connectivity index (χ2v) is 8.36. The summed E-state index contributed by atoms with van der Waals surface area (Å²) in [6.45, 7) is 1.39. The number of carbonyl (C=O) groups is 1. The molecule has 2 aromatic rings. The summed E-state index contributed by atoms with van der Waals surface area (Å²) in [5, 5.41) is 2.60. The third-order valence-corrected chi connectivity index (χ3v) is 6.05. The highest BCUT2D eigenvalue weighted by molar-refractivity contribution is 7.89. The Labute approximate surface area is 158 Å². The van der Waals surface area contributed by atoms with Crippen LogP contribution in [0.15, 0.2) is 35.5 Å². The predicted molar refractivity (Wildman–Crippen MR) is 103 cm³/mol. The van der Waals surface area contributed by atoms with E-state index in [0.717, 1.165) is 32.1 Å². The summed E-state index contributed by atoms with van der Waals surface area (Å²) in [4.78, 5) is 19.3. The van der Waals surface area contributed by atoms with E-state index in [1.807, 2.05) is 0 Å². The van der Waals surface area contributed by atoms with Crippen LogP contribution in [-0.2, 0) is 14.8 Å². The topological polar surface area (TPSA) is 127 Å². The van der Waals surface area contributed by atoms with Crippen LogP contribution in [0.1, 0.15) is 39.0 Å². The van der Waals surface area contributed by atoms with Crippen LogP contribution in [0.4, 0.5) is 11.6 Å². The number of hydrogen-bond donors (Lipinski definition) is 3. The lowest BCUT2D eigenvalue weighted by Crippen LogP contribution is -2.36. The molecule has 3 rings (SSSR count). The molecule has 1 amide bonds. The van der Waals surface area contributed by atoms with Gasteiger partial charge in [-0.15, -0.1) is 0 Å². The van der Waals surface area contributed by atoms with Gasteiger partial charge in [0.1, 0.15) is 16.5 Å². The van der Waals surface area contributed by atoms with Crippen LogP contribution in [0.25, 0.3) is 11.1 Å². The Bertz CT molecular complexity index is 940. The summed E-state index contributed by atoms with van der Waals surface area (Å²) >= 11 is 0. The lowest BCUT2D eigenvalue weighted by molar-refractivity contribution is -0.114. The first kappa shape index (κ1) is 19.2. The number of nitrogen functional groups attached to an aromatic ring is 1. The molecule has 0 unspecified atom stereocenters. The molecule has 0 bridgehead atoms. The van der Waals surface area contributed by atoms with Gasteiger partial charge in [0.05, 0.1) is 0 Å². The first-order chi connectivity index (χ1) is 12.8. The predicted octanol–water partition coefficient (Wildman–Crippen LogP) is 2.30. The molecule has 1 aliphatic rings. The Balaban J connectivity index is 1.91. The first-order valence-corrected chi connectivity index (χ1v) is 10.4. The largest absolute Gasteiger partial charge is 0.383 e. The van der Waals surface area contributed by atoms with E-state index in [-0.39, 0.29) is 22.7 Å². The molecule has 0 spiro atoms. The van der Waals surface area contributed by atoms with Crippen molar-refractivity contribution in [2.45, 2.75) is 50.0 Å². The molecule has 0 atom stereocenters. The number of rotatable bonds is 5. The molecular weight excluding hydrogens is 366 g/mol. The summed E-state index contributed by atoms with van der Waals surface area (Å²) in [6, 6.07) is 4.79. The van der Waals surface area contributed by atoms with Crippen molar-refractivity contribution in [3.8, 4) is 11.1 Å². The van der Waals surface area contributed by atoms with Crippen molar-refractivity contribution in [3.05, 3.63) is 30.6 Å². The van der Waals surface area contributed by atoms with Crippen LogP contribution < -0.4 is 15.8 Å². The Morgan fingerprint density at radius 3 is 2.59 bits per heavy atom. The first-order valence-electron chi connectivity index (χ1n) is 8.87. The number of nitrogens with two attached hydrogens (primary N) is 1. The molecule has 0 aliphatic heterocycles. The van der Waals surface area contributed by atoms with Crippen LogP contribution in [-0.4, -0.2) is 30.3 Å². The lowest BCUT2D eigenvalue weighted by Gasteiger charge is -2.23. The highest BCUT2D eigenvalue weighted by Crippen LogP contribution is 2.27. The number of sulfonamides is 1. The number of amides is 1. The van der Waals surface area contributed by atoms with E-state index in [1.165, 1.54) is 25.4 Å². The van der Waals surface area contributed by atoms with Crippen molar-refractivity contribution in [2.24, 2.45) is 0 Å². The molecule has 9 heteroatoms. The molecule has 2 aromatic heterocycles. The van der Waals surface area contributed by atoms with Crippen LogP contribution in [0.5, 0.6) is 0 Å². The fraction of sp³-hybridized carbons (Fsp3) is 0.389. The Morgan fingerprint density at radius 2 is 1.89 bits per heavy atom. The molecule has 4 N–H and O–H groups in total. The Morgan fingerprint density at radius 1 is 1.15 bits per heavy atom. The van der Waals surface area contributed by atoms with E-state index in [1.54, 1.807) is 12.1 Å². The second kappa shape index (κ2) is 8.01. The SMILES string of the molecule is CC(=O)Nc1cc(-c2cnc(N)c(S(=O)(=O)NC3CCCCC3)c2)ccn1. The maximum atomic E-state index is 12.8. The molecule has 0 saturated heterocycles. The van der Waals surface area contributed by atoms with Crippen LogP contribution in [0, 0.1) is 0 Å². The van der Waals surface area contributed by atoms with Crippen molar-refractivity contribution in [1.29, 1.82) is 0 Å². The maximum Gasteiger partial charge on any atom is 0.244 e. The number of anilines is 2. The van der Waals surface area contributed by atoms with Crippen LogP contribution in [0.2, 0.25) is 0 Å². The van der Waals surface area contributed by atoms with Gasteiger partial charge in [-0.1, -0.05) is 19.3 Å². The second-order valence-electron chi connectivity index (χ2n) is 6.67. The van der Waals surface area contributed by atoms with E-state index < -0.39 is 10.0 Å². The zero-order valence-electron chi connectivity index (χ0n) is 15.1. The summed E-state index contributed by atoms with van der Waals surface area (Å²) in [7, 11) is -3.77. The summed E-state index contributed by atoms with van der Waals surface area (Å²) in [5.74, 6) is 0.0924. The van der Waals surface area contributed by atoms with Crippen molar-refractivity contribution < 1.29 is 13.2 Å². The standard InChI is InChI=1S/C18H23N5O3S/c1-12(24)22-17-10-13(7-8-20-17)14-9-16(18(19)21-11-14)27(25,26)23-15-5-3-2-4-6-15/h7-11,15,23H,2-6H2,1H3,(H2,19,21)(H,20,22,24). The lowest BCUT2D eigenvalue weighted by atomic mass is 9.96. The molecule has 8 nitrogen and oxygen atoms in total. The average molecular weight is 389 g/mol. The normalized spacial score (nSPS) is 15.4. The highest BCUT2D eigenvalue weighted by Gasteiger charge is 2.24. The molecule has 1 saturated carbocycles. The van der Waals surface area contributed by atoms with Gasteiger partial charge in [0, 0.05) is 30.9 Å². The molecule has 1 fully saturated rings. The van der Waals surface area contributed by atoms with Crippen LogP contribution >= 0.6 is 0 Å². The maximum absolute atomic E-state index is 12.8. The molecule has 1 aliphatic carbocycles. The van der Waals surface area contributed by atoms with Gasteiger partial charge < -0.3 is 11.1 Å². The third kappa shape index (κ3) is 4.81. The van der Waals surface area contributed by atoms with Gasteiger partial charge in [0.2, 0.25) is 15.9 Å². The molecule has 27 heavy (non-hydrogen) atoms. The summed E-state index contributed by atoms with van der Waals surface area (Å²) in [5.41, 5.74) is 7.10. The van der Waals surface area contributed by atoms with E-state index in [4.69, 9.17) is 5.73 Å². The average Bonchev–Trinajstić information content (AvgIpc) is 2.62. The number of hydrogen-bond acceptors (Lipinski definition) is 6. The van der Waals surface area contributed by atoms with Gasteiger partial charge in [-0.05, 0) is 36.6 Å². The summed E-state index contributed by atoms with van der Waals surface area (Å²) < 4.78 is 28.4. The van der Waals surface area contributed by atoms with E-state index >= 15 is 0 Å². The fourth-order valence-electron chi connectivity index (χ4n) is 3.19. The van der Waals surface area contributed by atoms with Crippen molar-refractivity contribution in [3.63, 3.8) is 0 Å². The van der Waals surface area contributed by atoms with Gasteiger partial charge in [0.25, 0.3) is 0 Å². The molecule has 144 valence electrons. The number of pyridine rings is 2. The monoisotopic (exact) mass is 389 g/mol. The fourth-order valence-corrected chi connectivity index (χ4v) is 4.60. The minimum Gasteiger partial charge on any atom is -0.383 e. The Kier molecular flexibility index (Phi) is 5.71. The molecule has 0 radical (unpaired) electrons. The zero-order chi connectivity index (χ0) is 19.4. The number of carbonyl (C=O) groups excluding carboxylic acids is 1. The van der Waals surface area contributed by atoms with Gasteiger partial charge in [0.15, 0.2) is 0 Å². The van der Waals surface area contributed by atoms with Gasteiger partial charge in [-0.25, -0.2) is 23.1 Å². The Hall–Kier alpha value is -2.52. The smallest absolute Gasteiger partial charge is 0.244 e. The zero-order valence-corrected chi connectivity index (χ0v) is 15.9. The minimum atomic E-state index is -3.77. The highest BCUT2D eigenvalue weighted by atomic mass is 32.2. The number of nitrogens with zero attached hydrogens (tertiary/aromatic N) is 2. The van der Waals surface area contributed by atoms with Crippen molar-refractivity contribution >= 4 is 27.6 Å². The van der Waals surface area contributed by atoms with Crippen molar-refractivity contribution in [1.82, 2.24) is 14.7 Å². The van der Waals surface area contributed by atoms with Gasteiger partial charge >= 0.3 is 0 Å². The number of aromatic nitrogens is 2. The van der Waals surface area contributed by atoms with E-state index in [0.29, 0.717) is 16.9 Å². The summed E-state index contributed by atoms with van der Waals surface area (Å²) in [6.07, 6.45) is 7.87.